The minimum atomic E-state index is 0.214. The molecule has 4 nitrogen and oxygen atoms in total. The highest BCUT2D eigenvalue weighted by Crippen LogP contribution is 2.31. The van der Waals surface area contributed by atoms with Crippen LogP contribution in [0.25, 0.3) is 11.1 Å². The molecule has 4 unspecified atom stereocenters. The predicted molar refractivity (Wildman–Crippen MR) is 150 cm³/mol. The second-order valence-electron chi connectivity index (χ2n) is 10.1. The van der Waals surface area contributed by atoms with Gasteiger partial charge in [0.15, 0.2) is 0 Å². The van der Waals surface area contributed by atoms with Crippen molar-refractivity contribution >= 4 is 0 Å². The molecular formula is C32H50O4. The Kier molecular flexibility index (Phi) is 13.7. The predicted octanol–water partition coefficient (Wildman–Crippen LogP) is 8.61. The number of ether oxygens (including phenoxy) is 4. The molecule has 0 heterocycles. The third-order valence-electron chi connectivity index (χ3n) is 7.04. The van der Waals surface area contributed by atoms with E-state index in [1.165, 1.54) is 33.4 Å². The lowest BCUT2D eigenvalue weighted by Gasteiger charge is -2.20. The lowest BCUT2D eigenvalue weighted by molar-refractivity contribution is 0.0473. The fourth-order valence-electron chi connectivity index (χ4n) is 3.65. The highest BCUT2D eigenvalue weighted by Gasteiger charge is 2.15. The first kappa shape index (κ1) is 30.5. The van der Waals surface area contributed by atoms with Crippen molar-refractivity contribution in [3.8, 4) is 11.1 Å². The summed E-state index contributed by atoms with van der Waals surface area (Å²) in [6.45, 7) is 19.5. The van der Waals surface area contributed by atoms with Crippen LogP contribution in [0, 0.1) is 0 Å². The van der Waals surface area contributed by atoms with Gasteiger partial charge in [0.25, 0.3) is 0 Å². The number of hydrogen-bond acceptors (Lipinski definition) is 4. The van der Waals surface area contributed by atoms with Crippen LogP contribution in [0.2, 0.25) is 0 Å². The Balaban J connectivity index is 2.43. The van der Waals surface area contributed by atoms with E-state index in [4.69, 9.17) is 18.9 Å². The van der Waals surface area contributed by atoms with Gasteiger partial charge in [0.2, 0.25) is 0 Å². The normalized spacial score (nSPS) is 15.0. The fraction of sp³-hybridized carbons (Fsp3) is 0.625. The zero-order chi connectivity index (χ0) is 26.5. The molecule has 202 valence electrons. The molecule has 4 heteroatoms. The van der Waals surface area contributed by atoms with Gasteiger partial charge in [-0.05, 0) is 86.8 Å². The zero-order valence-corrected chi connectivity index (χ0v) is 24.1. The van der Waals surface area contributed by atoms with Crippen molar-refractivity contribution in [3.63, 3.8) is 0 Å². The van der Waals surface area contributed by atoms with Gasteiger partial charge < -0.3 is 18.9 Å². The van der Waals surface area contributed by atoms with E-state index in [0.717, 1.165) is 25.7 Å². The van der Waals surface area contributed by atoms with E-state index in [2.05, 4.69) is 91.8 Å². The summed E-state index contributed by atoms with van der Waals surface area (Å²) < 4.78 is 24.5. The Morgan fingerprint density at radius 2 is 0.778 bits per heavy atom. The topological polar surface area (TPSA) is 36.9 Å². The van der Waals surface area contributed by atoms with E-state index in [0.29, 0.717) is 26.4 Å². The summed E-state index contributed by atoms with van der Waals surface area (Å²) in [5.74, 6) is 0. The molecule has 2 rings (SSSR count). The summed E-state index contributed by atoms with van der Waals surface area (Å²) in [5, 5.41) is 0. The molecule has 0 saturated carbocycles. The molecule has 0 bridgehead atoms. The molecule has 0 aliphatic heterocycles. The van der Waals surface area contributed by atoms with E-state index < -0.39 is 0 Å². The highest BCUT2D eigenvalue weighted by molar-refractivity contribution is 5.71. The van der Waals surface area contributed by atoms with Crippen LogP contribution in [0.15, 0.2) is 36.4 Å². The smallest absolute Gasteiger partial charge is 0.0726 e. The van der Waals surface area contributed by atoms with Crippen LogP contribution in [-0.4, -0.2) is 24.4 Å². The Morgan fingerprint density at radius 3 is 1.08 bits per heavy atom. The molecule has 0 N–H and O–H groups in total. The molecular weight excluding hydrogens is 448 g/mol. The number of rotatable bonds is 17. The molecule has 0 spiro atoms. The second kappa shape index (κ2) is 16.2. The van der Waals surface area contributed by atoms with Crippen molar-refractivity contribution in [2.24, 2.45) is 0 Å². The Morgan fingerprint density at radius 1 is 0.472 bits per heavy atom. The Labute approximate surface area is 220 Å². The first-order valence-corrected chi connectivity index (χ1v) is 14.0. The standard InChI is InChI=1S/C32H50O4/c1-9-23(5)33-19-27-13-15-31(29(17-27)21-35-25(7)11-3)32-16-14-28(20-34-24(6)10-2)18-30(32)22-36-26(8)12-4/h13-18,23-26H,9-12,19-22H2,1-8H3. The summed E-state index contributed by atoms with van der Waals surface area (Å²) >= 11 is 0. The Bertz CT molecular complexity index is 820. The Hall–Kier alpha value is -1.72. The van der Waals surface area contributed by atoms with Gasteiger partial charge in [-0.3, -0.25) is 0 Å². The van der Waals surface area contributed by atoms with Crippen molar-refractivity contribution in [2.45, 2.75) is 132 Å². The maximum Gasteiger partial charge on any atom is 0.0726 e. The molecule has 0 fully saturated rings. The molecule has 0 saturated heterocycles. The van der Waals surface area contributed by atoms with Gasteiger partial charge in [0.05, 0.1) is 50.8 Å². The van der Waals surface area contributed by atoms with Gasteiger partial charge >= 0.3 is 0 Å². The molecule has 2 aromatic rings. The molecule has 0 aliphatic carbocycles. The van der Waals surface area contributed by atoms with E-state index in [1.54, 1.807) is 0 Å². The summed E-state index contributed by atoms with van der Waals surface area (Å²) in [4.78, 5) is 0. The van der Waals surface area contributed by atoms with Gasteiger partial charge in [-0.25, -0.2) is 0 Å². The molecule has 36 heavy (non-hydrogen) atoms. The van der Waals surface area contributed by atoms with Crippen molar-refractivity contribution in [2.75, 3.05) is 0 Å². The highest BCUT2D eigenvalue weighted by atomic mass is 16.5. The maximum atomic E-state index is 6.21. The van der Waals surface area contributed by atoms with Crippen LogP contribution < -0.4 is 0 Å². The molecule has 0 aromatic heterocycles. The van der Waals surface area contributed by atoms with Gasteiger partial charge in [-0.15, -0.1) is 0 Å². The molecule has 4 atom stereocenters. The van der Waals surface area contributed by atoms with E-state index in [9.17, 15) is 0 Å². The third-order valence-corrected chi connectivity index (χ3v) is 7.04. The van der Waals surface area contributed by atoms with Crippen LogP contribution >= 0.6 is 0 Å². The molecule has 0 radical (unpaired) electrons. The SMILES string of the molecule is CCC(C)OCc1ccc(-c2ccc(COC(C)CC)cc2COC(C)CC)c(COC(C)CC)c1. The van der Waals surface area contributed by atoms with Crippen molar-refractivity contribution in [3.05, 3.63) is 58.7 Å². The van der Waals surface area contributed by atoms with Gasteiger partial charge in [-0.1, -0.05) is 64.1 Å². The first-order chi connectivity index (χ1) is 17.3. The largest absolute Gasteiger partial charge is 0.374 e. The van der Waals surface area contributed by atoms with E-state index >= 15 is 0 Å². The van der Waals surface area contributed by atoms with Gasteiger partial charge in [-0.2, -0.15) is 0 Å². The van der Waals surface area contributed by atoms with Crippen LogP contribution in [0.4, 0.5) is 0 Å². The molecule has 0 aliphatic rings. The zero-order valence-electron chi connectivity index (χ0n) is 24.1. The minimum Gasteiger partial charge on any atom is -0.374 e. The monoisotopic (exact) mass is 498 g/mol. The van der Waals surface area contributed by atoms with Crippen molar-refractivity contribution in [1.29, 1.82) is 0 Å². The van der Waals surface area contributed by atoms with Crippen LogP contribution in [-0.2, 0) is 45.4 Å². The van der Waals surface area contributed by atoms with Gasteiger partial charge in [0, 0.05) is 0 Å². The molecule has 2 aromatic carbocycles. The quantitative estimate of drug-likeness (QED) is 0.219. The third kappa shape index (κ3) is 9.97. The average Bonchev–Trinajstić information content (AvgIpc) is 2.91. The average molecular weight is 499 g/mol. The van der Waals surface area contributed by atoms with E-state index in [1.807, 2.05) is 0 Å². The fourth-order valence-corrected chi connectivity index (χ4v) is 3.65. The van der Waals surface area contributed by atoms with Crippen LogP contribution in [0.1, 0.15) is 103 Å². The van der Waals surface area contributed by atoms with Crippen LogP contribution in [0.3, 0.4) is 0 Å². The summed E-state index contributed by atoms with van der Waals surface area (Å²) in [6.07, 6.45) is 4.93. The first-order valence-electron chi connectivity index (χ1n) is 14.0. The summed E-state index contributed by atoms with van der Waals surface area (Å²) in [5.41, 5.74) is 7.13. The minimum absolute atomic E-state index is 0.214. The van der Waals surface area contributed by atoms with Crippen LogP contribution in [0.5, 0.6) is 0 Å². The number of benzene rings is 2. The maximum absolute atomic E-state index is 6.21. The second-order valence-corrected chi connectivity index (χ2v) is 10.1. The lowest BCUT2D eigenvalue weighted by atomic mass is 9.93. The van der Waals surface area contributed by atoms with Crippen molar-refractivity contribution in [1.82, 2.24) is 0 Å². The summed E-state index contributed by atoms with van der Waals surface area (Å²) in [6, 6.07) is 13.3. The lowest BCUT2D eigenvalue weighted by Crippen LogP contribution is -2.10. The van der Waals surface area contributed by atoms with Gasteiger partial charge in [0.1, 0.15) is 0 Å². The molecule has 0 amide bonds. The summed E-state index contributed by atoms with van der Waals surface area (Å²) in [7, 11) is 0. The van der Waals surface area contributed by atoms with Crippen molar-refractivity contribution < 1.29 is 18.9 Å². The van der Waals surface area contributed by atoms with E-state index in [-0.39, 0.29) is 24.4 Å². The number of hydrogen-bond donors (Lipinski definition) is 0.